The summed E-state index contributed by atoms with van der Waals surface area (Å²) in [5, 5.41) is 13.3. The number of amides is 1. The van der Waals surface area contributed by atoms with E-state index in [0.29, 0.717) is 49.8 Å². The summed E-state index contributed by atoms with van der Waals surface area (Å²) in [6.07, 6.45) is 1.51. The van der Waals surface area contributed by atoms with Crippen LogP contribution in [0.5, 0.6) is 11.5 Å². The number of hydrogen-bond donors (Lipinski definition) is 2. The highest BCUT2D eigenvalue weighted by Crippen LogP contribution is 2.23. The summed E-state index contributed by atoms with van der Waals surface area (Å²) in [7, 11) is 1.59. The fourth-order valence-electron chi connectivity index (χ4n) is 3.08. The second kappa shape index (κ2) is 9.16. The van der Waals surface area contributed by atoms with Crippen molar-refractivity contribution < 1.29 is 19.1 Å². The fraction of sp³-hybridized carbons (Fsp3) is 0.400. The Morgan fingerprint density at radius 2 is 2.00 bits per heavy atom. The molecule has 1 aromatic heterocycles. The Morgan fingerprint density at radius 3 is 2.64 bits per heavy atom. The number of carbonyl (C=O) groups is 1. The molecule has 1 saturated heterocycles. The van der Waals surface area contributed by atoms with Crippen molar-refractivity contribution in [3.8, 4) is 11.5 Å². The van der Waals surface area contributed by atoms with Crippen molar-refractivity contribution in [2.45, 2.75) is 13.5 Å². The van der Waals surface area contributed by atoms with E-state index in [1.807, 2.05) is 6.92 Å². The third-order valence-electron chi connectivity index (χ3n) is 4.62. The quantitative estimate of drug-likeness (QED) is 0.603. The van der Waals surface area contributed by atoms with Gasteiger partial charge in [0.25, 0.3) is 5.91 Å². The maximum atomic E-state index is 12.4. The second-order valence-electron chi connectivity index (χ2n) is 6.42. The van der Waals surface area contributed by atoms with Crippen LogP contribution in [0.3, 0.4) is 0 Å². The smallest absolute Gasteiger partial charge is 0.289 e. The largest absolute Gasteiger partial charge is 0.508 e. The summed E-state index contributed by atoms with van der Waals surface area (Å²) >= 11 is 0. The van der Waals surface area contributed by atoms with Crippen molar-refractivity contribution in [2.75, 3.05) is 39.8 Å². The number of hydrogen-bond acceptors (Lipinski definition) is 5. The predicted octanol–water partition coefficient (Wildman–Crippen LogP) is 1.92. The van der Waals surface area contributed by atoms with E-state index in [-0.39, 0.29) is 11.7 Å². The minimum absolute atomic E-state index is 0.0899. The first-order valence-electron chi connectivity index (χ1n) is 9.34. The van der Waals surface area contributed by atoms with E-state index in [2.05, 4.69) is 15.2 Å². The molecule has 3 rings (SSSR count). The molecule has 2 heterocycles. The number of phenolic OH excluding ortho intramolecular Hbond substituents is 1. The highest BCUT2D eigenvalue weighted by Gasteiger charge is 2.25. The molecule has 0 unspecified atom stereocenters. The number of methoxy groups -OCH3 is 1. The van der Waals surface area contributed by atoms with Gasteiger partial charge in [-0.3, -0.25) is 4.79 Å². The van der Waals surface area contributed by atoms with E-state index in [4.69, 9.17) is 9.15 Å². The molecule has 0 atom stereocenters. The van der Waals surface area contributed by atoms with Crippen LogP contribution in [0.25, 0.3) is 0 Å². The third-order valence-corrected chi connectivity index (χ3v) is 4.62. The van der Waals surface area contributed by atoms with Gasteiger partial charge < -0.3 is 29.4 Å². The summed E-state index contributed by atoms with van der Waals surface area (Å²) in [4.78, 5) is 21.0. The first kappa shape index (κ1) is 19.6. The van der Waals surface area contributed by atoms with Gasteiger partial charge in [0.1, 0.15) is 11.5 Å². The van der Waals surface area contributed by atoms with Crippen molar-refractivity contribution in [2.24, 2.45) is 4.99 Å². The van der Waals surface area contributed by atoms with Crippen molar-refractivity contribution in [3.63, 3.8) is 0 Å². The number of rotatable bonds is 5. The highest BCUT2D eigenvalue weighted by molar-refractivity contribution is 5.91. The predicted molar refractivity (Wildman–Crippen MR) is 106 cm³/mol. The maximum absolute atomic E-state index is 12.4. The number of nitrogens with one attached hydrogen (secondary N) is 1. The van der Waals surface area contributed by atoms with Crippen molar-refractivity contribution in [1.29, 1.82) is 0 Å². The number of phenols is 1. The van der Waals surface area contributed by atoms with Gasteiger partial charge in [-0.15, -0.1) is 0 Å². The standard InChI is InChI=1S/C20H26N4O4/c1-3-21-20(22-14-15-13-16(27-2)6-7-17(15)25)24-10-8-23(9-11-24)19(26)18-5-4-12-28-18/h4-7,12-13,25H,3,8-11,14H2,1-2H3,(H,21,22). The van der Waals surface area contributed by atoms with Crippen LogP contribution in [-0.4, -0.2) is 66.6 Å². The molecule has 1 amide bonds. The number of piperazine rings is 1. The molecule has 2 N–H and O–H groups in total. The first-order chi connectivity index (χ1) is 13.6. The van der Waals surface area contributed by atoms with Crippen molar-refractivity contribution in [3.05, 3.63) is 47.9 Å². The van der Waals surface area contributed by atoms with Crippen LogP contribution in [0.2, 0.25) is 0 Å². The van der Waals surface area contributed by atoms with E-state index >= 15 is 0 Å². The average Bonchev–Trinajstić information content (AvgIpc) is 3.26. The molecule has 8 heteroatoms. The number of guanidine groups is 1. The van der Waals surface area contributed by atoms with E-state index < -0.39 is 0 Å². The number of aliphatic imine (C=N–C) groups is 1. The zero-order valence-electron chi connectivity index (χ0n) is 16.2. The molecule has 1 aliphatic heterocycles. The minimum Gasteiger partial charge on any atom is -0.508 e. The normalized spacial score (nSPS) is 14.9. The Balaban J connectivity index is 1.64. The molecule has 0 aliphatic carbocycles. The van der Waals surface area contributed by atoms with Gasteiger partial charge in [-0.2, -0.15) is 0 Å². The lowest BCUT2D eigenvalue weighted by atomic mass is 10.2. The van der Waals surface area contributed by atoms with Gasteiger partial charge in [0, 0.05) is 38.3 Å². The van der Waals surface area contributed by atoms with Crippen LogP contribution < -0.4 is 10.1 Å². The molecule has 8 nitrogen and oxygen atoms in total. The summed E-state index contributed by atoms with van der Waals surface area (Å²) < 4.78 is 10.4. The molecule has 150 valence electrons. The molecule has 2 aromatic rings. The Kier molecular flexibility index (Phi) is 6.41. The van der Waals surface area contributed by atoms with Crippen LogP contribution in [0.4, 0.5) is 0 Å². The molecule has 0 bridgehead atoms. The lowest BCUT2D eigenvalue weighted by Crippen LogP contribution is -2.53. The number of carbonyl (C=O) groups excluding carboxylic acids is 1. The number of ether oxygens (including phenoxy) is 1. The van der Waals surface area contributed by atoms with E-state index in [9.17, 15) is 9.90 Å². The molecule has 0 radical (unpaired) electrons. The Labute approximate surface area is 164 Å². The number of furan rings is 1. The zero-order chi connectivity index (χ0) is 19.9. The number of aromatic hydroxyl groups is 1. The van der Waals surface area contributed by atoms with Crippen molar-refractivity contribution in [1.82, 2.24) is 15.1 Å². The zero-order valence-corrected chi connectivity index (χ0v) is 16.2. The summed E-state index contributed by atoms with van der Waals surface area (Å²) in [6, 6.07) is 8.50. The Bertz CT molecular complexity index is 812. The van der Waals surface area contributed by atoms with Crippen LogP contribution in [0.1, 0.15) is 23.0 Å². The lowest BCUT2D eigenvalue weighted by molar-refractivity contribution is 0.0657. The lowest BCUT2D eigenvalue weighted by Gasteiger charge is -2.36. The van der Waals surface area contributed by atoms with Gasteiger partial charge >= 0.3 is 0 Å². The number of nitrogens with zero attached hydrogens (tertiary/aromatic N) is 3. The van der Waals surface area contributed by atoms with Crippen LogP contribution in [0, 0.1) is 0 Å². The van der Waals surface area contributed by atoms with Gasteiger partial charge in [-0.1, -0.05) is 0 Å². The Hall–Kier alpha value is -3.16. The summed E-state index contributed by atoms with van der Waals surface area (Å²) in [5.74, 6) is 1.90. The molecule has 28 heavy (non-hydrogen) atoms. The maximum Gasteiger partial charge on any atom is 0.289 e. The number of benzene rings is 1. The molecule has 1 fully saturated rings. The third kappa shape index (κ3) is 4.57. The minimum atomic E-state index is -0.0899. The fourth-order valence-corrected chi connectivity index (χ4v) is 3.08. The monoisotopic (exact) mass is 386 g/mol. The van der Waals surface area contributed by atoms with Gasteiger partial charge in [0.05, 0.1) is 19.9 Å². The van der Waals surface area contributed by atoms with Crippen LogP contribution in [0.15, 0.2) is 46.0 Å². The average molecular weight is 386 g/mol. The van der Waals surface area contributed by atoms with Gasteiger partial charge in [-0.05, 0) is 37.3 Å². The second-order valence-corrected chi connectivity index (χ2v) is 6.42. The van der Waals surface area contributed by atoms with E-state index in [0.717, 1.165) is 12.5 Å². The Morgan fingerprint density at radius 1 is 1.25 bits per heavy atom. The molecule has 1 aromatic carbocycles. The van der Waals surface area contributed by atoms with Gasteiger partial charge in [0.2, 0.25) is 0 Å². The van der Waals surface area contributed by atoms with Crippen LogP contribution in [-0.2, 0) is 6.54 Å². The molecule has 1 aliphatic rings. The van der Waals surface area contributed by atoms with E-state index in [1.165, 1.54) is 6.26 Å². The SMILES string of the molecule is CCNC(=NCc1cc(OC)ccc1O)N1CCN(C(=O)c2ccco2)CC1. The van der Waals surface area contributed by atoms with E-state index in [1.54, 1.807) is 42.3 Å². The van der Waals surface area contributed by atoms with Gasteiger partial charge in [0.15, 0.2) is 11.7 Å². The molecular formula is C20H26N4O4. The topological polar surface area (TPSA) is 90.5 Å². The summed E-state index contributed by atoms with van der Waals surface area (Å²) in [6.45, 7) is 5.59. The molecular weight excluding hydrogens is 360 g/mol. The van der Waals surface area contributed by atoms with Crippen LogP contribution >= 0.6 is 0 Å². The molecule has 0 saturated carbocycles. The highest BCUT2D eigenvalue weighted by atomic mass is 16.5. The molecule has 0 spiro atoms. The van der Waals surface area contributed by atoms with Crippen molar-refractivity contribution >= 4 is 11.9 Å². The van der Waals surface area contributed by atoms with Gasteiger partial charge in [-0.25, -0.2) is 4.99 Å². The first-order valence-corrected chi connectivity index (χ1v) is 9.34. The summed E-state index contributed by atoms with van der Waals surface area (Å²) in [5.41, 5.74) is 0.696.